The summed E-state index contributed by atoms with van der Waals surface area (Å²) >= 11 is 0. The molecule has 0 atom stereocenters. The molecule has 106 heavy (non-hydrogen) atoms. The second kappa shape index (κ2) is 24.7. The summed E-state index contributed by atoms with van der Waals surface area (Å²) in [4.78, 5) is 32.0. The molecule has 0 aliphatic carbocycles. The maximum atomic E-state index is 5.42. The van der Waals surface area contributed by atoms with Crippen LogP contribution in [0.25, 0.3) is 201 Å². The van der Waals surface area contributed by atoms with Crippen molar-refractivity contribution < 1.29 is 0 Å². The molecule has 6 aromatic heterocycles. The normalized spacial score (nSPS) is 11.8. The maximum Gasteiger partial charge on any atom is 0.164 e. The van der Waals surface area contributed by atoms with Gasteiger partial charge in [0.2, 0.25) is 0 Å². The van der Waals surface area contributed by atoms with Crippen LogP contribution in [-0.4, -0.2) is 48.2 Å². The molecule has 0 amide bonds. The van der Waals surface area contributed by atoms with Crippen LogP contribution < -0.4 is 0 Å². The Hall–Kier alpha value is -14.5. The Bertz CT molecular complexity index is 6510. The number of hydrogen-bond donors (Lipinski definition) is 0. The minimum Gasteiger partial charge on any atom is -0.309 e. The molecule has 494 valence electrons. The van der Waals surface area contributed by atoms with Gasteiger partial charge in [-0.3, -0.25) is 0 Å². The molecule has 6 heterocycles. The maximum absolute atomic E-state index is 5.42. The molecule has 0 radical (unpaired) electrons. The van der Waals surface area contributed by atoms with E-state index in [1.54, 1.807) is 0 Å². The van der Waals surface area contributed by atoms with Gasteiger partial charge >= 0.3 is 0 Å². The molecule has 21 aromatic rings. The zero-order valence-corrected chi connectivity index (χ0v) is 57.1. The van der Waals surface area contributed by atoms with Crippen molar-refractivity contribution in [3.05, 3.63) is 364 Å². The Kier molecular flexibility index (Phi) is 14.0. The minimum atomic E-state index is 0.548. The third-order valence-electron chi connectivity index (χ3n) is 20.8. The SMILES string of the molecule is c1ccc(-c2nc(-c3ccccc3)nc(-c3cc(-c4cccc(-c5cc(-c6nc(-c7ccccc7)nc(-c7ccccc7)n6)cc(-n6c7ccccc7c7c6ccc6c8ccccc8n(-c8ccccc8)c67)c5)c4)cc(-n4c5ccccc5c5c4ccc4c6ccccc6n(-c6ccccc6)c45)c3)n2)cc1. The van der Waals surface area contributed by atoms with Crippen LogP contribution in [0.3, 0.4) is 0 Å². The lowest BCUT2D eigenvalue weighted by atomic mass is 9.95. The van der Waals surface area contributed by atoms with Gasteiger partial charge in [0, 0.05) is 99.2 Å². The molecule has 0 bridgehead atoms. The van der Waals surface area contributed by atoms with Crippen LogP contribution in [-0.2, 0) is 0 Å². The van der Waals surface area contributed by atoms with Gasteiger partial charge in [-0.05, 0) is 125 Å². The van der Waals surface area contributed by atoms with E-state index >= 15 is 0 Å². The number of rotatable bonds is 12. The van der Waals surface area contributed by atoms with Crippen molar-refractivity contribution in [2.24, 2.45) is 0 Å². The lowest BCUT2D eigenvalue weighted by Gasteiger charge is -2.16. The predicted octanol–water partition coefficient (Wildman–Crippen LogP) is 23.8. The fourth-order valence-corrected chi connectivity index (χ4v) is 16.1. The van der Waals surface area contributed by atoms with Gasteiger partial charge < -0.3 is 18.3 Å². The number of fused-ring (bicyclic) bond motifs is 14. The molecule has 0 spiro atoms. The number of para-hydroxylation sites is 6. The first-order valence-corrected chi connectivity index (χ1v) is 35.7. The van der Waals surface area contributed by atoms with Gasteiger partial charge in [-0.25, -0.2) is 29.9 Å². The average Bonchev–Trinajstić information content (AvgIpc) is 1.55. The third kappa shape index (κ3) is 9.95. The summed E-state index contributed by atoms with van der Waals surface area (Å²) in [7, 11) is 0. The van der Waals surface area contributed by atoms with Crippen LogP contribution in [0.15, 0.2) is 364 Å². The second-order valence-corrected chi connectivity index (χ2v) is 27.0. The monoisotopic (exact) mass is 1350 g/mol. The van der Waals surface area contributed by atoms with Gasteiger partial charge in [-0.15, -0.1) is 0 Å². The quantitative estimate of drug-likeness (QED) is 0.121. The topological polar surface area (TPSA) is 97.1 Å². The van der Waals surface area contributed by atoms with Gasteiger partial charge in [0.25, 0.3) is 0 Å². The number of aromatic nitrogens is 10. The highest BCUT2D eigenvalue weighted by Crippen LogP contribution is 2.46. The lowest BCUT2D eigenvalue weighted by molar-refractivity contribution is 1.07. The minimum absolute atomic E-state index is 0.548. The van der Waals surface area contributed by atoms with E-state index in [0.717, 1.165) is 144 Å². The zero-order chi connectivity index (χ0) is 69.8. The first kappa shape index (κ1) is 60.3. The number of hydrogen-bond acceptors (Lipinski definition) is 6. The highest BCUT2D eigenvalue weighted by molar-refractivity contribution is 6.28. The third-order valence-corrected chi connectivity index (χ3v) is 20.8. The summed E-state index contributed by atoms with van der Waals surface area (Å²) in [6.07, 6.45) is 0. The lowest BCUT2D eigenvalue weighted by Crippen LogP contribution is -2.02. The molecule has 21 rings (SSSR count). The van der Waals surface area contributed by atoms with Gasteiger partial charge in [0.15, 0.2) is 34.9 Å². The van der Waals surface area contributed by atoms with Crippen LogP contribution in [0.2, 0.25) is 0 Å². The highest BCUT2D eigenvalue weighted by Gasteiger charge is 2.26. The number of nitrogens with zero attached hydrogens (tertiary/aromatic N) is 10. The van der Waals surface area contributed by atoms with E-state index in [1.807, 2.05) is 72.8 Å². The molecule has 0 unspecified atom stereocenters. The van der Waals surface area contributed by atoms with E-state index in [-0.39, 0.29) is 0 Å². The van der Waals surface area contributed by atoms with Crippen molar-refractivity contribution in [1.82, 2.24) is 48.2 Å². The number of benzene rings is 15. The van der Waals surface area contributed by atoms with Crippen molar-refractivity contribution in [2.75, 3.05) is 0 Å². The van der Waals surface area contributed by atoms with Crippen LogP contribution in [0.4, 0.5) is 0 Å². The molecule has 10 nitrogen and oxygen atoms in total. The van der Waals surface area contributed by atoms with E-state index in [1.165, 1.54) is 21.5 Å². The van der Waals surface area contributed by atoms with Crippen molar-refractivity contribution in [3.63, 3.8) is 0 Å². The summed E-state index contributed by atoms with van der Waals surface area (Å²) in [6.45, 7) is 0. The van der Waals surface area contributed by atoms with E-state index in [4.69, 9.17) is 29.9 Å². The summed E-state index contributed by atoms with van der Waals surface area (Å²) in [5.41, 5.74) is 22.1. The summed E-state index contributed by atoms with van der Waals surface area (Å²) in [5.74, 6) is 3.42. The molecule has 15 aromatic carbocycles. The van der Waals surface area contributed by atoms with Crippen molar-refractivity contribution in [2.45, 2.75) is 0 Å². The molecule has 0 saturated heterocycles. The molecule has 0 N–H and O–H groups in total. The molecule has 0 aliphatic rings. The van der Waals surface area contributed by atoms with Crippen molar-refractivity contribution in [1.29, 1.82) is 0 Å². The molecule has 0 saturated carbocycles. The van der Waals surface area contributed by atoms with Crippen molar-refractivity contribution >= 4 is 87.2 Å². The second-order valence-electron chi connectivity index (χ2n) is 27.0. The zero-order valence-electron chi connectivity index (χ0n) is 57.1. The Balaban J connectivity index is 0.821. The molecular weight excluding hydrogens is 1290 g/mol. The van der Waals surface area contributed by atoms with Gasteiger partial charge in [-0.1, -0.05) is 261 Å². The van der Waals surface area contributed by atoms with Gasteiger partial charge in [0.05, 0.1) is 44.1 Å². The summed E-state index contributed by atoms with van der Waals surface area (Å²) < 4.78 is 9.75. The summed E-state index contributed by atoms with van der Waals surface area (Å²) in [6, 6.07) is 129. The standard InChI is InChI=1S/C96H60N10/c1-7-28-61(29-8-1)91-97-92(62-30-9-2-10-31-62)100-95(99-91)69-55-67(57-73(59-69)103-83-48-25-21-44-79(83)87-85(103)52-50-77-75-42-19-23-46-81(75)105(89(77)87)71-38-15-5-16-39-71)65-36-27-37-66(54-65)68-56-70(96-101-93(63-32-11-3-12-33-63)98-94(102-96)64-34-13-4-14-35-64)60-74(58-68)104-84-49-26-22-45-80(84)88-86(104)53-51-78-76-43-20-24-47-82(76)106(90(78)88)72-40-17-6-18-41-72/h1-60H. The van der Waals surface area contributed by atoms with Crippen LogP contribution in [0.5, 0.6) is 0 Å². The smallest absolute Gasteiger partial charge is 0.164 e. The van der Waals surface area contributed by atoms with E-state index < -0.39 is 0 Å². The molecule has 0 aliphatic heterocycles. The van der Waals surface area contributed by atoms with E-state index in [2.05, 4.69) is 309 Å². The Morgan fingerprint density at radius 1 is 0.151 bits per heavy atom. The van der Waals surface area contributed by atoms with Crippen LogP contribution >= 0.6 is 0 Å². The van der Waals surface area contributed by atoms with Crippen LogP contribution in [0, 0.1) is 0 Å². The average molecular weight is 1350 g/mol. The first-order valence-electron chi connectivity index (χ1n) is 35.7. The van der Waals surface area contributed by atoms with Crippen molar-refractivity contribution in [3.8, 4) is 113 Å². The fraction of sp³-hybridized carbons (Fsp3) is 0. The first-order chi connectivity index (χ1) is 52.6. The Morgan fingerprint density at radius 3 is 0.764 bits per heavy atom. The van der Waals surface area contributed by atoms with E-state index in [9.17, 15) is 0 Å². The Morgan fingerprint density at radius 2 is 0.415 bits per heavy atom. The summed E-state index contributed by atoms with van der Waals surface area (Å²) in [5, 5.41) is 9.37. The highest BCUT2D eigenvalue weighted by atomic mass is 15.1. The molecule has 10 heteroatoms. The largest absolute Gasteiger partial charge is 0.309 e. The molecular formula is C96H60N10. The van der Waals surface area contributed by atoms with Crippen LogP contribution in [0.1, 0.15) is 0 Å². The molecule has 0 fully saturated rings. The Labute approximate surface area is 609 Å². The predicted molar refractivity (Wildman–Crippen MR) is 434 cm³/mol. The van der Waals surface area contributed by atoms with Gasteiger partial charge in [-0.2, -0.15) is 0 Å². The van der Waals surface area contributed by atoms with Gasteiger partial charge in [0.1, 0.15) is 0 Å². The fourth-order valence-electron chi connectivity index (χ4n) is 16.1. The van der Waals surface area contributed by atoms with E-state index in [0.29, 0.717) is 34.9 Å².